The number of allylic oxidation sites excluding steroid dienone is 2. The summed E-state index contributed by atoms with van der Waals surface area (Å²) in [4.78, 5) is 0. The van der Waals surface area contributed by atoms with Crippen molar-refractivity contribution in [1.29, 1.82) is 0 Å². The Hall–Kier alpha value is -4.56. The number of halogens is 6. The lowest BCUT2D eigenvalue weighted by atomic mass is 9.67. The molecule has 0 fully saturated rings. The second-order valence-corrected chi connectivity index (χ2v) is 13.4. The zero-order chi connectivity index (χ0) is 34.4. The minimum atomic E-state index is -6.02. The van der Waals surface area contributed by atoms with Gasteiger partial charge >= 0.3 is 31.3 Å². The lowest BCUT2D eigenvalue weighted by Gasteiger charge is -2.34. The molecule has 0 aromatic heterocycles. The van der Waals surface area contributed by atoms with Crippen molar-refractivity contribution in [2.75, 3.05) is 0 Å². The predicted octanol–water partition coefficient (Wildman–Crippen LogP) is 8.57. The fourth-order valence-electron chi connectivity index (χ4n) is 5.69. The molecule has 0 amide bonds. The van der Waals surface area contributed by atoms with Crippen molar-refractivity contribution in [2.45, 2.75) is 30.3 Å². The van der Waals surface area contributed by atoms with Crippen molar-refractivity contribution in [3.8, 4) is 22.6 Å². The Kier molecular flexibility index (Phi) is 8.56. The molecule has 4 aromatic carbocycles. The Morgan fingerprint density at radius 1 is 0.574 bits per heavy atom. The topological polar surface area (TPSA) is 86.7 Å². The van der Waals surface area contributed by atoms with Gasteiger partial charge in [0.25, 0.3) is 0 Å². The minimum Gasteiger partial charge on any atom is -0.375 e. The zero-order valence-corrected chi connectivity index (χ0v) is 26.1. The van der Waals surface area contributed by atoms with Crippen LogP contribution in [0.15, 0.2) is 97.1 Å². The minimum absolute atomic E-state index is 0.0102. The van der Waals surface area contributed by atoms with Crippen LogP contribution in [0.1, 0.15) is 47.2 Å². The monoisotopic (exact) mass is 694 g/mol. The molecule has 0 spiro atoms. The fraction of sp³-hybridized carbons (Fsp3) is 0.152. The van der Waals surface area contributed by atoms with Crippen molar-refractivity contribution >= 4 is 32.4 Å². The molecule has 1 aliphatic rings. The quantitative estimate of drug-likeness (QED) is 0.0919. The molecule has 4 aromatic rings. The van der Waals surface area contributed by atoms with Crippen LogP contribution in [0.25, 0.3) is 23.3 Å². The second kappa shape index (κ2) is 11.9. The molecular formula is C33H24F6O6S2. The first kappa shape index (κ1) is 33.8. The van der Waals surface area contributed by atoms with Crippen LogP contribution in [0.4, 0.5) is 26.3 Å². The Morgan fingerprint density at radius 3 is 1.28 bits per heavy atom. The maximum absolute atomic E-state index is 13.2. The van der Waals surface area contributed by atoms with E-state index in [-0.39, 0.29) is 11.1 Å². The highest BCUT2D eigenvalue weighted by Gasteiger charge is 2.51. The average molecular weight is 695 g/mol. The maximum Gasteiger partial charge on any atom is 0.534 e. The summed E-state index contributed by atoms with van der Waals surface area (Å²) in [7, 11) is -12.0. The lowest BCUT2D eigenvalue weighted by Crippen LogP contribution is -2.30. The van der Waals surface area contributed by atoms with E-state index in [4.69, 9.17) is 0 Å². The molecule has 246 valence electrons. The number of hydrogen-bond donors (Lipinski definition) is 0. The van der Waals surface area contributed by atoms with Gasteiger partial charge in [0.1, 0.15) is 11.5 Å². The van der Waals surface area contributed by atoms with Gasteiger partial charge in [0, 0.05) is 11.1 Å². The van der Waals surface area contributed by atoms with Crippen LogP contribution in [0.3, 0.4) is 0 Å². The first-order valence-corrected chi connectivity index (χ1v) is 16.5. The molecule has 0 saturated heterocycles. The summed E-state index contributed by atoms with van der Waals surface area (Å²) in [6, 6.07) is 22.4. The molecule has 0 heterocycles. The zero-order valence-electron chi connectivity index (χ0n) is 24.4. The SMILES string of the molecule is CC=Cc1cc(C2(c3ccc(OS(=O)(=O)C(F)(F)F)c(C=CC)c3)c3ccccc3-c3ccccc32)ccc1OS(=O)(=O)C(F)(F)F. The standard InChI is InChI=1S/C33H24F6O6S2/c1-3-9-21-19-23(15-17-29(21)44-46(40,41)32(34,35)36)31(27-13-7-5-11-25(27)26-12-6-8-14-28(26)31)24-16-18-30(22(20-24)10-4-2)45-47(42,43)33(37,38)39/h3-20H,1-2H3. The van der Waals surface area contributed by atoms with Gasteiger partial charge in [0.15, 0.2) is 0 Å². The number of hydrogen-bond acceptors (Lipinski definition) is 6. The van der Waals surface area contributed by atoms with E-state index >= 15 is 0 Å². The van der Waals surface area contributed by atoms with Gasteiger partial charge in [-0.15, -0.1) is 0 Å². The largest absolute Gasteiger partial charge is 0.534 e. The lowest BCUT2D eigenvalue weighted by molar-refractivity contribution is -0.0504. The molecule has 1 aliphatic carbocycles. The summed E-state index contributed by atoms with van der Waals surface area (Å²) in [5.74, 6) is -1.18. The number of alkyl halides is 6. The molecule has 5 rings (SSSR count). The van der Waals surface area contributed by atoms with E-state index < -0.39 is 48.2 Å². The van der Waals surface area contributed by atoms with Crippen LogP contribution in [0, 0.1) is 0 Å². The third kappa shape index (κ3) is 5.80. The van der Waals surface area contributed by atoms with Crippen LogP contribution in [-0.2, 0) is 25.7 Å². The van der Waals surface area contributed by atoms with Crippen LogP contribution in [0.2, 0.25) is 0 Å². The van der Waals surface area contributed by atoms with Crippen LogP contribution >= 0.6 is 0 Å². The van der Waals surface area contributed by atoms with Gasteiger partial charge in [0.2, 0.25) is 0 Å². The van der Waals surface area contributed by atoms with Gasteiger partial charge in [-0.3, -0.25) is 0 Å². The molecule has 47 heavy (non-hydrogen) atoms. The van der Waals surface area contributed by atoms with Gasteiger partial charge < -0.3 is 8.37 Å². The van der Waals surface area contributed by atoms with E-state index in [2.05, 4.69) is 8.37 Å². The molecule has 14 heteroatoms. The summed E-state index contributed by atoms with van der Waals surface area (Å²) in [6.45, 7) is 3.14. The highest BCUT2D eigenvalue weighted by atomic mass is 32.2. The summed E-state index contributed by atoms with van der Waals surface area (Å²) in [5, 5.41) is 0. The van der Waals surface area contributed by atoms with Crippen molar-refractivity contribution in [3.63, 3.8) is 0 Å². The molecule has 0 saturated carbocycles. The van der Waals surface area contributed by atoms with Gasteiger partial charge in [-0.1, -0.05) is 85.0 Å². The third-order valence-electron chi connectivity index (χ3n) is 7.50. The van der Waals surface area contributed by atoms with Crippen LogP contribution < -0.4 is 8.37 Å². The Labute approximate surface area is 266 Å². The smallest absolute Gasteiger partial charge is 0.375 e. The Bertz CT molecular complexity index is 1980. The van der Waals surface area contributed by atoms with Crippen molar-refractivity contribution in [2.24, 2.45) is 0 Å². The van der Waals surface area contributed by atoms with E-state index in [9.17, 15) is 43.2 Å². The molecule has 6 nitrogen and oxygen atoms in total. The number of rotatable bonds is 8. The summed E-state index contributed by atoms with van der Waals surface area (Å²) in [6.07, 6.45) is 5.70. The van der Waals surface area contributed by atoms with E-state index in [0.29, 0.717) is 22.3 Å². The highest BCUT2D eigenvalue weighted by molar-refractivity contribution is 7.88. The molecule has 0 bridgehead atoms. The molecule has 0 radical (unpaired) electrons. The summed E-state index contributed by atoms with van der Waals surface area (Å²) in [5.41, 5.74) is -8.88. The van der Waals surface area contributed by atoms with E-state index in [0.717, 1.165) is 23.3 Å². The Balaban J connectivity index is 1.84. The summed E-state index contributed by atoms with van der Waals surface area (Å²) >= 11 is 0. The predicted molar refractivity (Wildman–Crippen MR) is 164 cm³/mol. The van der Waals surface area contributed by atoms with Gasteiger partial charge in [-0.25, -0.2) is 0 Å². The molecule has 0 unspecified atom stereocenters. The van der Waals surface area contributed by atoms with E-state index in [1.54, 1.807) is 38.1 Å². The van der Waals surface area contributed by atoms with Gasteiger partial charge in [-0.2, -0.15) is 43.2 Å². The highest BCUT2D eigenvalue weighted by Crippen LogP contribution is 2.57. The Morgan fingerprint density at radius 2 is 0.936 bits per heavy atom. The number of benzene rings is 4. The first-order valence-electron chi connectivity index (χ1n) is 13.7. The molecular weight excluding hydrogens is 670 g/mol. The molecule has 0 aliphatic heterocycles. The van der Waals surface area contributed by atoms with Crippen molar-refractivity contribution in [3.05, 3.63) is 130 Å². The molecule has 0 atom stereocenters. The normalized spacial score (nSPS) is 14.7. The van der Waals surface area contributed by atoms with Gasteiger partial charge in [-0.05, 0) is 71.5 Å². The number of fused-ring (bicyclic) bond motifs is 3. The van der Waals surface area contributed by atoms with Crippen molar-refractivity contribution < 1.29 is 51.5 Å². The van der Waals surface area contributed by atoms with Crippen LogP contribution in [0.5, 0.6) is 11.5 Å². The third-order valence-corrected chi connectivity index (χ3v) is 9.43. The van der Waals surface area contributed by atoms with E-state index in [1.807, 2.05) is 24.3 Å². The average Bonchev–Trinajstić information content (AvgIpc) is 3.29. The van der Waals surface area contributed by atoms with Crippen molar-refractivity contribution in [1.82, 2.24) is 0 Å². The summed E-state index contributed by atoms with van der Waals surface area (Å²) < 4.78 is 136. The van der Waals surface area contributed by atoms with Crippen LogP contribution in [-0.4, -0.2) is 27.9 Å². The van der Waals surface area contributed by atoms with Gasteiger partial charge in [0.05, 0.1) is 5.41 Å². The fourth-order valence-corrected chi connectivity index (χ4v) is 6.65. The first-order chi connectivity index (χ1) is 22.0. The maximum atomic E-state index is 13.2. The molecule has 0 N–H and O–H groups in total. The second-order valence-electron chi connectivity index (χ2n) is 10.3. The van der Waals surface area contributed by atoms with E-state index in [1.165, 1.54) is 48.6 Å².